The van der Waals surface area contributed by atoms with Crippen LogP contribution >= 0.6 is 23.2 Å². The van der Waals surface area contributed by atoms with Crippen LogP contribution in [-0.4, -0.2) is 5.91 Å². The smallest absolute Gasteiger partial charge is 0.248 e. The Morgan fingerprint density at radius 3 is 2.25 bits per heavy atom. The van der Waals surface area contributed by atoms with E-state index in [1.807, 2.05) is 31.2 Å². The summed E-state index contributed by atoms with van der Waals surface area (Å²) in [4.78, 5) is 11.8. The largest absolute Gasteiger partial charge is 0.323 e. The predicted octanol–water partition coefficient (Wildman–Crippen LogP) is 4.95. The van der Waals surface area contributed by atoms with E-state index in [0.717, 1.165) is 11.3 Å². The van der Waals surface area contributed by atoms with Crippen LogP contribution in [-0.2, 0) is 4.79 Å². The van der Waals surface area contributed by atoms with Crippen molar-refractivity contribution in [2.45, 2.75) is 6.92 Å². The molecule has 0 spiro atoms. The molecule has 0 aliphatic rings. The van der Waals surface area contributed by atoms with Gasteiger partial charge in [0.2, 0.25) is 5.91 Å². The van der Waals surface area contributed by atoms with Crippen molar-refractivity contribution in [3.63, 3.8) is 0 Å². The molecule has 4 heteroatoms. The molecule has 0 unspecified atom stereocenters. The Hall–Kier alpha value is -1.77. The molecule has 0 saturated carbocycles. The molecule has 0 atom stereocenters. The molecular formula is C16H13Cl2NO. The van der Waals surface area contributed by atoms with E-state index in [4.69, 9.17) is 23.2 Å². The Balaban J connectivity index is 2.08. The molecule has 0 aromatic heterocycles. The first kappa shape index (κ1) is 14.6. The maximum Gasteiger partial charge on any atom is 0.248 e. The van der Waals surface area contributed by atoms with Gasteiger partial charge in [-0.3, -0.25) is 4.79 Å². The lowest BCUT2D eigenvalue weighted by Crippen LogP contribution is -2.07. The summed E-state index contributed by atoms with van der Waals surface area (Å²) in [5.41, 5.74) is 2.52. The molecule has 0 aliphatic carbocycles. The number of amides is 1. The number of carbonyl (C=O) groups is 1. The summed E-state index contributed by atoms with van der Waals surface area (Å²) in [6.07, 6.45) is 3.02. The van der Waals surface area contributed by atoms with Gasteiger partial charge in [0.25, 0.3) is 0 Å². The van der Waals surface area contributed by atoms with Crippen LogP contribution in [0, 0.1) is 6.92 Å². The van der Waals surface area contributed by atoms with E-state index >= 15 is 0 Å². The highest BCUT2D eigenvalue weighted by molar-refractivity contribution is 6.37. The van der Waals surface area contributed by atoms with Crippen molar-refractivity contribution in [2.24, 2.45) is 0 Å². The van der Waals surface area contributed by atoms with E-state index in [2.05, 4.69) is 5.32 Å². The van der Waals surface area contributed by atoms with Crippen molar-refractivity contribution >= 4 is 40.9 Å². The number of benzene rings is 2. The Kier molecular flexibility index (Phi) is 4.83. The van der Waals surface area contributed by atoms with Crippen molar-refractivity contribution in [1.29, 1.82) is 0 Å². The minimum Gasteiger partial charge on any atom is -0.323 e. The van der Waals surface area contributed by atoms with Crippen LogP contribution in [0.3, 0.4) is 0 Å². The summed E-state index contributed by atoms with van der Waals surface area (Å²) in [6.45, 7) is 1.99. The number of hydrogen-bond donors (Lipinski definition) is 1. The summed E-state index contributed by atoms with van der Waals surface area (Å²) >= 11 is 12.0. The van der Waals surface area contributed by atoms with Crippen LogP contribution in [0.25, 0.3) is 6.08 Å². The Morgan fingerprint density at radius 2 is 1.65 bits per heavy atom. The highest BCUT2D eigenvalue weighted by Gasteiger charge is 2.03. The first-order chi connectivity index (χ1) is 9.56. The Morgan fingerprint density at radius 1 is 1.05 bits per heavy atom. The van der Waals surface area contributed by atoms with Gasteiger partial charge in [-0.25, -0.2) is 0 Å². The van der Waals surface area contributed by atoms with Gasteiger partial charge in [-0.1, -0.05) is 47.0 Å². The van der Waals surface area contributed by atoms with Gasteiger partial charge >= 0.3 is 0 Å². The second-order valence-electron chi connectivity index (χ2n) is 4.32. The number of halogens is 2. The zero-order valence-electron chi connectivity index (χ0n) is 10.9. The van der Waals surface area contributed by atoms with Gasteiger partial charge in [0.05, 0.1) is 0 Å². The topological polar surface area (TPSA) is 29.1 Å². The van der Waals surface area contributed by atoms with Crippen LogP contribution in [0.5, 0.6) is 0 Å². The number of nitrogens with one attached hydrogen (secondary N) is 1. The summed E-state index contributed by atoms with van der Waals surface area (Å²) in [5.74, 6) is -0.232. The molecule has 2 aromatic rings. The molecule has 0 fully saturated rings. The molecule has 0 aliphatic heterocycles. The van der Waals surface area contributed by atoms with Crippen LogP contribution < -0.4 is 5.32 Å². The van der Waals surface area contributed by atoms with Gasteiger partial charge in [0.15, 0.2) is 0 Å². The fourth-order valence-electron chi connectivity index (χ4n) is 1.65. The van der Waals surface area contributed by atoms with Gasteiger partial charge in [0.1, 0.15) is 0 Å². The normalized spacial score (nSPS) is 10.8. The summed E-state index contributed by atoms with van der Waals surface area (Å²) < 4.78 is 0. The molecule has 0 radical (unpaired) electrons. The van der Waals surface area contributed by atoms with Crippen molar-refractivity contribution in [3.8, 4) is 0 Å². The second-order valence-corrected chi connectivity index (χ2v) is 5.14. The molecule has 2 nitrogen and oxygen atoms in total. The van der Waals surface area contributed by atoms with Gasteiger partial charge in [-0.15, -0.1) is 0 Å². The lowest BCUT2D eigenvalue weighted by molar-refractivity contribution is -0.111. The van der Waals surface area contributed by atoms with Crippen molar-refractivity contribution in [3.05, 3.63) is 69.7 Å². The third kappa shape index (κ3) is 3.86. The van der Waals surface area contributed by atoms with E-state index in [1.165, 1.54) is 6.08 Å². The molecule has 20 heavy (non-hydrogen) atoms. The maximum absolute atomic E-state index is 11.8. The minimum absolute atomic E-state index is 0.232. The van der Waals surface area contributed by atoms with Crippen molar-refractivity contribution < 1.29 is 4.79 Å². The third-order valence-corrected chi connectivity index (χ3v) is 3.38. The molecule has 2 aromatic carbocycles. The molecule has 0 bridgehead atoms. The number of carbonyl (C=O) groups excluding carboxylic acids is 1. The van der Waals surface area contributed by atoms with Crippen LogP contribution in [0.4, 0.5) is 5.69 Å². The highest BCUT2D eigenvalue weighted by atomic mass is 35.5. The fourth-order valence-corrected chi connectivity index (χ4v) is 2.17. The molecule has 0 saturated heterocycles. The van der Waals surface area contributed by atoms with Crippen molar-refractivity contribution in [1.82, 2.24) is 0 Å². The van der Waals surface area contributed by atoms with Crippen LogP contribution in [0.2, 0.25) is 10.0 Å². The van der Waals surface area contributed by atoms with Gasteiger partial charge in [-0.05, 0) is 37.3 Å². The average Bonchev–Trinajstić information content (AvgIpc) is 2.41. The minimum atomic E-state index is -0.232. The van der Waals surface area contributed by atoms with Crippen molar-refractivity contribution in [2.75, 3.05) is 5.32 Å². The third-order valence-electron chi connectivity index (χ3n) is 2.72. The molecule has 2 rings (SSSR count). The standard InChI is InChI=1S/C16H13Cl2NO/c1-11-5-7-12(8-6-11)19-16(20)10-9-13-14(17)3-2-4-15(13)18/h2-10H,1H3,(H,19,20). The fraction of sp³-hybridized carbons (Fsp3) is 0.0625. The first-order valence-electron chi connectivity index (χ1n) is 6.06. The van der Waals surface area contributed by atoms with Crippen LogP contribution in [0.15, 0.2) is 48.5 Å². The molecular weight excluding hydrogens is 293 g/mol. The number of aryl methyl sites for hydroxylation is 1. The highest BCUT2D eigenvalue weighted by Crippen LogP contribution is 2.25. The van der Waals surface area contributed by atoms with E-state index < -0.39 is 0 Å². The van der Waals surface area contributed by atoms with Gasteiger partial charge in [0, 0.05) is 27.4 Å². The number of hydrogen-bond acceptors (Lipinski definition) is 1. The lowest BCUT2D eigenvalue weighted by atomic mass is 10.2. The van der Waals surface area contributed by atoms with Gasteiger partial charge in [-0.2, -0.15) is 0 Å². The second kappa shape index (κ2) is 6.60. The number of rotatable bonds is 3. The van der Waals surface area contributed by atoms with E-state index in [1.54, 1.807) is 24.3 Å². The lowest BCUT2D eigenvalue weighted by Gasteiger charge is -2.03. The van der Waals surface area contributed by atoms with E-state index in [9.17, 15) is 4.79 Å². The van der Waals surface area contributed by atoms with Crippen LogP contribution in [0.1, 0.15) is 11.1 Å². The predicted molar refractivity (Wildman–Crippen MR) is 85.3 cm³/mol. The molecule has 1 amide bonds. The van der Waals surface area contributed by atoms with E-state index in [-0.39, 0.29) is 5.91 Å². The Bertz CT molecular complexity index is 628. The first-order valence-corrected chi connectivity index (χ1v) is 6.81. The molecule has 0 heterocycles. The zero-order chi connectivity index (χ0) is 14.5. The summed E-state index contributed by atoms with van der Waals surface area (Å²) in [7, 11) is 0. The molecule has 102 valence electrons. The SMILES string of the molecule is Cc1ccc(NC(=O)C=Cc2c(Cl)cccc2Cl)cc1. The summed E-state index contributed by atoms with van der Waals surface area (Å²) in [6, 6.07) is 12.8. The summed E-state index contributed by atoms with van der Waals surface area (Å²) in [5, 5.41) is 3.79. The average molecular weight is 306 g/mol. The number of anilines is 1. The Labute approximate surface area is 128 Å². The monoisotopic (exact) mass is 305 g/mol. The zero-order valence-corrected chi connectivity index (χ0v) is 12.4. The van der Waals surface area contributed by atoms with E-state index in [0.29, 0.717) is 15.6 Å². The van der Waals surface area contributed by atoms with Gasteiger partial charge < -0.3 is 5.32 Å². The molecule has 1 N–H and O–H groups in total. The quantitative estimate of drug-likeness (QED) is 0.798. The maximum atomic E-state index is 11.8.